The minimum Gasteiger partial charge on any atom is -0.309 e. The lowest BCUT2D eigenvalue weighted by Gasteiger charge is -2.21. The van der Waals surface area contributed by atoms with Crippen LogP contribution in [0.2, 0.25) is 0 Å². The van der Waals surface area contributed by atoms with Gasteiger partial charge in [0.2, 0.25) is 0 Å². The van der Waals surface area contributed by atoms with E-state index in [1.807, 2.05) is 35.6 Å². The summed E-state index contributed by atoms with van der Waals surface area (Å²) in [5, 5.41) is 8.69. The van der Waals surface area contributed by atoms with Crippen LogP contribution in [-0.4, -0.2) is 19.1 Å². The van der Waals surface area contributed by atoms with Gasteiger partial charge in [0.15, 0.2) is 0 Å². The molecule has 2 aliphatic rings. The Morgan fingerprint density at radius 3 is 1.09 bits per heavy atom. The van der Waals surface area contributed by atoms with Crippen molar-refractivity contribution < 1.29 is 8.78 Å². The van der Waals surface area contributed by atoms with Crippen LogP contribution in [-0.2, 0) is 10.8 Å². The van der Waals surface area contributed by atoms with Gasteiger partial charge in [-0.05, 0) is 175 Å². The van der Waals surface area contributed by atoms with E-state index in [1.165, 1.54) is 68.8 Å². The standard InChI is InChI=1S/C84H54F2N4S/c1-83(2)67-21-9-5-17-59(67)75-61(19-13-23-69(75)83)81-79-80(82(91-81)62-20-14-24-70-76(62)60-18-6-10-22-68(60)84(70,3)4)88-78-66-46-48(50-30-42-74-64(44-50)58-16-8-12-26-72(58)90(74)54-37-33-52(86)34-38-54)28-40-56(66)55-39-27-47(45-65(55)77(78)87-79)49-29-41-73-63(43-49)57-15-7-11-25-71(57)89(73)53-35-31-51(85)32-36-53/h5-46H,1-4H3. The molecular formula is C84H54F2N4S. The lowest BCUT2D eigenvalue weighted by atomic mass is 9.82. The molecule has 0 spiro atoms. The molecule has 0 amide bonds. The van der Waals surface area contributed by atoms with E-state index >= 15 is 0 Å². The highest BCUT2D eigenvalue weighted by atomic mass is 32.1. The molecule has 4 heterocycles. The van der Waals surface area contributed by atoms with Gasteiger partial charge in [-0.15, -0.1) is 11.3 Å². The monoisotopic (exact) mass is 1190 g/mol. The van der Waals surface area contributed by atoms with E-state index in [2.05, 4.69) is 243 Å². The average Bonchev–Trinajstić information content (AvgIpc) is 1.66. The molecule has 430 valence electrons. The van der Waals surface area contributed by atoms with Crippen LogP contribution in [0.15, 0.2) is 255 Å². The fraction of sp³-hybridized carbons (Fsp3) is 0.0714. The molecule has 91 heavy (non-hydrogen) atoms. The van der Waals surface area contributed by atoms with E-state index in [0.717, 1.165) is 142 Å². The van der Waals surface area contributed by atoms with Gasteiger partial charge in [-0.1, -0.05) is 185 Å². The summed E-state index contributed by atoms with van der Waals surface area (Å²) in [6.07, 6.45) is 0. The molecule has 17 aromatic rings. The first kappa shape index (κ1) is 52.1. The van der Waals surface area contributed by atoms with Crippen LogP contribution in [0.3, 0.4) is 0 Å². The van der Waals surface area contributed by atoms with Crippen molar-refractivity contribution in [2.75, 3.05) is 0 Å². The Hall–Kier alpha value is -10.9. The highest BCUT2D eigenvalue weighted by Crippen LogP contribution is 2.58. The lowest BCUT2D eigenvalue weighted by Crippen LogP contribution is -2.14. The number of benzene rings is 13. The van der Waals surface area contributed by atoms with E-state index in [1.54, 1.807) is 0 Å². The number of aromatic nitrogens is 4. The first-order chi connectivity index (χ1) is 44.5. The van der Waals surface area contributed by atoms with Crippen molar-refractivity contribution in [1.29, 1.82) is 0 Å². The Kier molecular flexibility index (Phi) is 10.8. The molecule has 0 unspecified atom stereocenters. The Bertz CT molecular complexity index is 5670. The van der Waals surface area contributed by atoms with E-state index in [4.69, 9.17) is 9.97 Å². The fourth-order valence-electron chi connectivity index (χ4n) is 15.9. The normalized spacial score (nSPS) is 13.8. The minimum absolute atomic E-state index is 0.210. The summed E-state index contributed by atoms with van der Waals surface area (Å²) in [5.74, 6) is -0.527. The van der Waals surface area contributed by atoms with Crippen LogP contribution in [0.25, 0.3) is 164 Å². The van der Waals surface area contributed by atoms with E-state index in [0.29, 0.717) is 0 Å². The molecule has 7 heteroatoms. The third-order valence-electron chi connectivity index (χ3n) is 20.3. The number of para-hydroxylation sites is 2. The summed E-state index contributed by atoms with van der Waals surface area (Å²) in [5.41, 5.74) is 25.9. The maximum atomic E-state index is 14.4. The number of fused-ring (bicyclic) bond motifs is 19. The van der Waals surface area contributed by atoms with Gasteiger partial charge in [0.1, 0.15) is 22.7 Å². The van der Waals surface area contributed by atoms with Crippen molar-refractivity contribution >= 4 is 98.6 Å². The van der Waals surface area contributed by atoms with Crippen LogP contribution in [0.4, 0.5) is 8.78 Å². The maximum Gasteiger partial charge on any atom is 0.123 e. The van der Waals surface area contributed by atoms with E-state index in [9.17, 15) is 8.78 Å². The van der Waals surface area contributed by atoms with Gasteiger partial charge < -0.3 is 9.13 Å². The van der Waals surface area contributed by atoms with Crippen LogP contribution in [0, 0.1) is 11.6 Å². The van der Waals surface area contributed by atoms with Crippen LogP contribution >= 0.6 is 11.3 Å². The molecule has 0 bridgehead atoms. The molecule has 0 fully saturated rings. The third-order valence-corrected chi connectivity index (χ3v) is 21.5. The Labute approximate surface area is 527 Å². The van der Waals surface area contributed by atoms with Crippen molar-refractivity contribution in [3.63, 3.8) is 0 Å². The van der Waals surface area contributed by atoms with Crippen molar-refractivity contribution in [1.82, 2.24) is 19.1 Å². The predicted octanol–water partition coefficient (Wildman–Crippen LogP) is 22.9. The number of rotatable bonds is 6. The van der Waals surface area contributed by atoms with E-state index < -0.39 is 0 Å². The molecule has 4 aromatic heterocycles. The topological polar surface area (TPSA) is 35.6 Å². The van der Waals surface area contributed by atoms with Crippen molar-refractivity contribution in [3.8, 4) is 76.8 Å². The zero-order valence-corrected chi connectivity index (χ0v) is 51.0. The fourth-order valence-corrected chi connectivity index (χ4v) is 17.2. The SMILES string of the molecule is CC1(C)c2ccccc2-c2c(-c3sc(-c4cccc5c4-c4ccccc4C5(C)C)c4nc5c6cc(-c7ccc8c(c7)c7ccccc7n8-c7ccc(F)cc7)ccc6c6ccc(-c7ccc8c(c7)c7ccccc7n8-c7ccc(F)cc7)cc6c5nc34)cccc21. The average molecular weight is 1190 g/mol. The van der Waals surface area contributed by atoms with Crippen molar-refractivity contribution in [2.24, 2.45) is 0 Å². The molecule has 2 aliphatic carbocycles. The molecule has 0 aliphatic heterocycles. The summed E-state index contributed by atoms with van der Waals surface area (Å²) in [6.45, 7) is 9.42. The van der Waals surface area contributed by atoms with Gasteiger partial charge in [-0.3, -0.25) is 0 Å². The molecule has 0 saturated carbocycles. The molecular weight excluding hydrogens is 1140 g/mol. The van der Waals surface area contributed by atoms with Gasteiger partial charge >= 0.3 is 0 Å². The molecule has 0 atom stereocenters. The Morgan fingerprint density at radius 1 is 0.297 bits per heavy atom. The first-order valence-corrected chi connectivity index (χ1v) is 32.0. The first-order valence-electron chi connectivity index (χ1n) is 31.2. The minimum atomic E-state index is -0.263. The van der Waals surface area contributed by atoms with Gasteiger partial charge in [-0.25, -0.2) is 18.7 Å². The summed E-state index contributed by atoms with van der Waals surface area (Å²) in [6, 6.07) is 89.3. The van der Waals surface area contributed by atoms with Gasteiger partial charge in [0, 0.05) is 65.6 Å². The zero-order chi connectivity index (χ0) is 60.8. The Balaban J connectivity index is 0.901. The maximum absolute atomic E-state index is 14.4. The van der Waals surface area contributed by atoms with Gasteiger partial charge in [0.25, 0.3) is 0 Å². The summed E-state index contributed by atoms with van der Waals surface area (Å²) in [7, 11) is 0. The van der Waals surface area contributed by atoms with Crippen molar-refractivity contribution in [3.05, 3.63) is 289 Å². The molecule has 0 saturated heterocycles. The van der Waals surface area contributed by atoms with E-state index in [-0.39, 0.29) is 22.5 Å². The number of thiophene rings is 1. The van der Waals surface area contributed by atoms with Gasteiger partial charge in [-0.2, -0.15) is 0 Å². The number of nitrogens with zero attached hydrogens (tertiary/aromatic N) is 4. The highest BCUT2D eigenvalue weighted by Gasteiger charge is 2.40. The Morgan fingerprint density at radius 2 is 0.648 bits per heavy atom. The third kappa shape index (κ3) is 7.35. The lowest BCUT2D eigenvalue weighted by molar-refractivity contribution is 0.627. The second-order valence-corrected chi connectivity index (χ2v) is 26.8. The van der Waals surface area contributed by atoms with Gasteiger partial charge in [0.05, 0.1) is 42.9 Å². The smallest absolute Gasteiger partial charge is 0.123 e. The molecule has 4 nitrogen and oxygen atoms in total. The summed E-state index contributed by atoms with van der Waals surface area (Å²) < 4.78 is 33.2. The van der Waals surface area contributed by atoms with Crippen LogP contribution < -0.4 is 0 Å². The summed E-state index contributed by atoms with van der Waals surface area (Å²) in [4.78, 5) is 14.5. The number of halogens is 2. The predicted molar refractivity (Wildman–Crippen MR) is 375 cm³/mol. The summed E-state index contributed by atoms with van der Waals surface area (Å²) >= 11 is 1.82. The quantitative estimate of drug-likeness (QED) is 0.156. The zero-order valence-electron chi connectivity index (χ0n) is 50.2. The molecule has 13 aromatic carbocycles. The molecule has 0 N–H and O–H groups in total. The largest absolute Gasteiger partial charge is 0.309 e. The second-order valence-electron chi connectivity index (χ2n) is 25.8. The van der Waals surface area contributed by atoms with Crippen LogP contribution in [0.5, 0.6) is 0 Å². The number of hydrogen-bond acceptors (Lipinski definition) is 3. The number of hydrogen-bond donors (Lipinski definition) is 0. The van der Waals surface area contributed by atoms with Crippen molar-refractivity contribution in [2.45, 2.75) is 38.5 Å². The molecule has 0 radical (unpaired) electrons. The van der Waals surface area contributed by atoms with Crippen LogP contribution in [0.1, 0.15) is 49.9 Å². The highest BCUT2D eigenvalue weighted by molar-refractivity contribution is 7.21. The second kappa shape index (κ2) is 18.8. The molecule has 19 rings (SSSR count).